The van der Waals surface area contributed by atoms with Gasteiger partial charge in [-0.2, -0.15) is 5.10 Å². The molecule has 0 bridgehead atoms. The van der Waals surface area contributed by atoms with Gasteiger partial charge in [0.2, 0.25) is 5.82 Å². The van der Waals surface area contributed by atoms with Crippen molar-refractivity contribution < 1.29 is 4.92 Å². The van der Waals surface area contributed by atoms with Crippen LogP contribution < -0.4 is 10.6 Å². The van der Waals surface area contributed by atoms with Gasteiger partial charge in [0.1, 0.15) is 5.69 Å². The molecule has 7 heteroatoms. The topological polar surface area (TPSA) is 85.0 Å². The van der Waals surface area contributed by atoms with Gasteiger partial charge in [0.25, 0.3) is 0 Å². The lowest BCUT2D eigenvalue weighted by Crippen LogP contribution is -2.23. The number of aromatic nitrogens is 2. The maximum atomic E-state index is 11.1. The molecule has 0 aromatic carbocycles. The fraction of sp³-hybridized carbons (Fsp3) is 0.583. The number of nitrogens with zero attached hydrogens (tertiary/aromatic N) is 3. The molecular weight excluding hydrogens is 246 g/mol. The second-order valence-electron chi connectivity index (χ2n) is 4.53. The van der Waals surface area contributed by atoms with Gasteiger partial charge in [0.15, 0.2) is 0 Å². The fourth-order valence-corrected chi connectivity index (χ4v) is 2.22. The quantitative estimate of drug-likeness (QED) is 0.478. The minimum absolute atomic E-state index is 0.0800. The van der Waals surface area contributed by atoms with E-state index in [0.717, 1.165) is 19.5 Å². The van der Waals surface area contributed by atoms with E-state index in [1.54, 1.807) is 11.6 Å². The number of nitrogens with one attached hydrogen (secondary N) is 2. The van der Waals surface area contributed by atoms with Crippen molar-refractivity contribution in [3.05, 3.63) is 27.5 Å². The lowest BCUT2D eigenvalue weighted by molar-refractivity contribution is -0.384. The van der Waals surface area contributed by atoms with Gasteiger partial charge >= 0.3 is 5.69 Å². The Balaban J connectivity index is 2.18. The van der Waals surface area contributed by atoms with E-state index < -0.39 is 0 Å². The Bertz CT molecular complexity index is 506. The van der Waals surface area contributed by atoms with E-state index >= 15 is 0 Å². The third-order valence-corrected chi connectivity index (χ3v) is 3.22. The van der Waals surface area contributed by atoms with Crippen molar-refractivity contribution in [1.29, 1.82) is 0 Å². The zero-order chi connectivity index (χ0) is 13.8. The molecule has 1 aliphatic heterocycles. The molecule has 1 aromatic heterocycles. The molecule has 2 N–H and O–H groups in total. The Kier molecular flexibility index (Phi) is 4.16. The van der Waals surface area contributed by atoms with E-state index in [9.17, 15) is 10.1 Å². The zero-order valence-electron chi connectivity index (χ0n) is 11.3. The van der Waals surface area contributed by atoms with Crippen LogP contribution in [0.3, 0.4) is 0 Å². The highest BCUT2D eigenvalue weighted by Crippen LogP contribution is 2.28. The van der Waals surface area contributed by atoms with Crippen molar-refractivity contribution in [2.24, 2.45) is 0 Å². The van der Waals surface area contributed by atoms with Crippen LogP contribution in [-0.2, 0) is 6.54 Å². The molecule has 0 saturated carbocycles. The summed E-state index contributed by atoms with van der Waals surface area (Å²) in [6.45, 7) is 6.66. The first-order valence-corrected chi connectivity index (χ1v) is 6.47. The summed E-state index contributed by atoms with van der Waals surface area (Å²) in [5, 5.41) is 21.7. The van der Waals surface area contributed by atoms with Crippen LogP contribution >= 0.6 is 0 Å². The highest BCUT2D eigenvalue weighted by Gasteiger charge is 2.24. The Morgan fingerprint density at radius 3 is 3.00 bits per heavy atom. The van der Waals surface area contributed by atoms with Gasteiger partial charge in [-0.3, -0.25) is 10.1 Å². The Labute approximate surface area is 111 Å². The Morgan fingerprint density at radius 1 is 1.63 bits per heavy atom. The average Bonchev–Trinajstić information content (AvgIpc) is 2.73. The summed E-state index contributed by atoms with van der Waals surface area (Å²) in [5.41, 5.74) is 1.81. The molecule has 0 saturated heterocycles. The minimum Gasteiger partial charge on any atom is -0.361 e. The number of hydrogen-bond donors (Lipinski definition) is 2. The fourth-order valence-electron chi connectivity index (χ4n) is 2.22. The summed E-state index contributed by atoms with van der Waals surface area (Å²) in [5.74, 6) is 0.504. The first-order valence-electron chi connectivity index (χ1n) is 6.47. The molecular formula is C12H19N5O2. The first-order chi connectivity index (χ1) is 9.13. The van der Waals surface area contributed by atoms with Crippen molar-refractivity contribution >= 4 is 11.5 Å². The number of hydrogen-bond acceptors (Lipinski definition) is 5. The summed E-state index contributed by atoms with van der Waals surface area (Å²) >= 11 is 0. The highest BCUT2D eigenvalue weighted by molar-refractivity contribution is 5.60. The third kappa shape index (κ3) is 2.93. The SMILES string of the molecule is CCn1nc(C)c([N+](=O)[O-])c1NCC1=CCNCC1. The molecule has 0 atom stereocenters. The largest absolute Gasteiger partial charge is 0.361 e. The van der Waals surface area contributed by atoms with Crippen LogP contribution in [-0.4, -0.2) is 34.3 Å². The lowest BCUT2D eigenvalue weighted by Gasteiger charge is -2.15. The smallest absolute Gasteiger partial charge is 0.333 e. The standard InChI is InChI=1S/C12H19N5O2/c1-3-16-12(11(17(18)19)9(2)15-16)14-8-10-4-6-13-7-5-10/h4,13-14H,3,5-8H2,1-2H3. The minimum atomic E-state index is -0.367. The van der Waals surface area contributed by atoms with Gasteiger partial charge in [-0.05, 0) is 26.8 Å². The van der Waals surface area contributed by atoms with Gasteiger partial charge in [-0.25, -0.2) is 4.68 Å². The number of anilines is 1. The summed E-state index contributed by atoms with van der Waals surface area (Å²) in [7, 11) is 0. The molecule has 0 fully saturated rings. The van der Waals surface area contributed by atoms with Crippen LogP contribution in [0.2, 0.25) is 0 Å². The second kappa shape index (κ2) is 5.83. The molecule has 104 valence electrons. The maximum Gasteiger partial charge on any atom is 0.333 e. The lowest BCUT2D eigenvalue weighted by atomic mass is 10.1. The average molecular weight is 265 g/mol. The van der Waals surface area contributed by atoms with Crippen molar-refractivity contribution in [3.63, 3.8) is 0 Å². The van der Waals surface area contributed by atoms with Crippen molar-refractivity contribution in [2.45, 2.75) is 26.8 Å². The summed E-state index contributed by atoms with van der Waals surface area (Å²) < 4.78 is 1.65. The van der Waals surface area contributed by atoms with E-state index in [0.29, 0.717) is 24.6 Å². The second-order valence-corrected chi connectivity index (χ2v) is 4.53. The van der Waals surface area contributed by atoms with Gasteiger partial charge in [0, 0.05) is 19.6 Å². The van der Waals surface area contributed by atoms with Gasteiger partial charge < -0.3 is 10.6 Å². The molecule has 0 radical (unpaired) electrons. The number of rotatable bonds is 5. The van der Waals surface area contributed by atoms with Crippen molar-refractivity contribution in [2.75, 3.05) is 25.0 Å². The summed E-state index contributed by atoms with van der Waals surface area (Å²) in [6, 6.07) is 0. The molecule has 1 aromatic rings. The van der Waals surface area contributed by atoms with E-state index in [2.05, 4.69) is 21.8 Å². The molecule has 0 amide bonds. The Morgan fingerprint density at radius 2 is 2.42 bits per heavy atom. The van der Waals surface area contributed by atoms with Gasteiger partial charge in [-0.15, -0.1) is 0 Å². The molecule has 0 spiro atoms. The molecule has 0 unspecified atom stereocenters. The van der Waals surface area contributed by atoms with Gasteiger partial charge in [0.05, 0.1) is 4.92 Å². The van der Waals surface area contributed by atoms with E-state index in [1.165, 1.54) is 5.57 Å². The van der Waals surface area contributed by atoms with Crippen molar-refractivity contribution in [3.8, 4) is 0 Å². The molecule has 0 aliphatic carbocycles. The maximum absolute atomic E-state index is 11.1. The number of nitro groups is 1. The zero-order valence-corrected chi connectivity index (χ0v) is 11.3. The summed E-state index contributed by atoms with van der Waals surface area (Å²) in [6.07, 6.45) is 3.10. The van der Waals surface area contributed by atoms with Gasteiger partial charge in [-0.1, -0.05) is 11.6 Å². The van der Waals surface area contributed by atoms with E-state index in [1.807, 2.05) is 6.92 Å². The monoisotopic (exact) mass is 265 g/mol. The normalized spacial score (nSPS) is 15.2. The molecule has 2 rings (SSSR count). The predicted octanol–water partition coefficient (Wildman–Crippen LogP) is 1.45. The molecule has 7 nitrogen and oxygen atoms in total. The first kappa shape index (κ1) is 13.5. The number of aryl methyl sites for hydroxylation is 2. The van der Waals surface area contributed by atoms with Crippen molar-refractivity contribution in [1.82, 2.24) is 15.1 Å². The molecule has 2 heterocycles. The predicted molar refractivity (Wildman–Crippen MR) is 73.4 cm³/mol. The van der Waals surface area contributed by atoms with E-state index in [4.69, 9.17) is 0 Å². The van der Waals surface area contributed by atoms with E-state index in [-0.39, 0.29) is 10.6 Å². The third-order valence-electron chi connectivity index (χ3n) is 3.22. The molecule has 1 aliphatic rings. The van der Waals surface area contributed by atoms with Crippen LogP contribution in [0.4, 0.5) is 11.5 Å². The van der Waals surface area contributed by atoms with Crippen LogP contribution in [0.5, 0.6) is 0 Å². The van der Waals surface area contributed by atoms with Crippen LogP contribution in [0.1, 0.15) is 19.0 Å². The Hall–Kier alpha value is -1.89. The molecule has 19 heavy (non-hydrogen) atoms. The highest BCUT2D eigenvalue weighted by atomic mass is 16.6. The van der Waals surface area contributed by atoms with Crippen LogP contribution in [0.25, 0.3) is 0 Å². The van der Waals surface area contributed by atoms with Crippen LogP contribution in [0, 0.1) is 17.0 Å². The van der Waals surface area contributed by atoms with Crippen LogP contribution in [0.15, 0.2) is 11.6 Å². The summed E-state index contributed by atoms with van der Waals surface area (Å²) in [4.78, 5) is 10.7.